The van der Waals surface area contributed by atoms with E-state index in [4.69, 9.17) is 23.7 Å². The van der Waals surface area contributed by atoms with Crippen LogP contribution in [-0.2, 0) is 38.1 Å². The molecule has 3 N–H and O–H groups in total. The number of aliphatic hydroxyl groups is 3. The lowest BCUT2D eigenvalue weighted by atomic mass is 9.44. The smallest absolute Gasteiger partial charge is 0.338 e. The molecule has 10 atom stereocenters. The highest BCUT2D eigenvalue weighted by atomic mass is 16.6. The molecule has 1 saturated heterocycles. The summed E-state index contributed by atoms with van der Waals surface area (Å²) in [6.07, 6.45) is -8.36. The average molecular weight is 631 g/mol. The standard InChI is InChI=1S/C33H42O12/c1-16-21(42-17(2)34)14-33(40)28(44-29(39)20-11-9-8-10-12-20)26-31(7,22(37)13-23-32(26,15-41-23)45-19(4)36)27(38)25(43-18(3)35)24(16)30(33,5)6/h8-12,21-23,25-28,37-38,40H,13-15H2,1-7H3/t21-,22-,23+,25+,26-,27-,28-,31?,32-,33?/m0/s1. The van der Waals surface area contributed by atoms with Crippen LogP contribution in [0.1, 0.15) is 71.7 Å². The van der Waals surface area contributed by atoms with E-state index in [1.807, 2.05) is 0 Å². The Balaban J connectivity index is 1.86. The number of hydrogen-bond donors (Lipinski definition) is 3. The van der Waals surface area contributed by atoms with Crippen LogP contribution in [0.5, 0.6) is 0 Å². The molecule has 5 rings (SSSR count). The fourth-order valence-electron chi connectivity index (χ4n) is 8.46. The van der Waals surface area contributed by atoms with Gasteiger partial charge in [0.2, 0.25) is 0 Å². The van der Waals surface area contributed by atoms with Crippen LogP contribution >= 0.6 is 0 Å². The Morgan fingerprint density at radius 1 is 0.911 bits per heavy atom. The fourth-order valence-corrected chi connectivity index (χ4v) is 8.46. The number of esters is 4. The molecule has 3 aliphatic carbocycles. The van der Waals surface area contributed by atoms with Crippen LogP contribution in [0.15, 0.2) is 41.5 Å². The zero-order chi connectivity index (χ0) is 33.3. The molecule has 12 heteroatoms. The van der Waals surface area contributed by atoms with Crippen molar-refractivity contribution in [3.63, 3.8) is 0 Å². The second-order valence-corrected chi connectivity index (χ2v) is 13.6. The first kappa shape index (κ1) is 33.1. The van der Waals surface area contributed by atoms with Crippen LogP contribution in [0.2, 0.25) is 0 Å². The molecule has 45 heavy (non-hydrogen) atoms. The minimum atomic E-state index is -2.11. The second-order valence-electron chi connectivity index (χ2n) is 13.6. The summed E-state index contributed by atoms with van der Waals surface area (Å²) in [7, 11) is 0. The number of fused-ring (bicyclic) bond motifs is 5. The summed E-state index contributed by atoms with van der Waals surface area (Å²) < 4.78 is 29.6. The van der Waals surface area contributed by atoms with Gasteiger partial charge in [0.15, 0.2) is 11.7 Å². The summed E-state index contributed by atoms with van der Waals surface area (Å²) in [5.74, 6) is -4.20. The van der Waals surface area contributed by atoms with Gasteiger partial charge in [0.05, 0.1) is 24.2 Å². The summed E-state index contributed by atoms with van der Waals surface area (Å²) in [6.45, 7) is 9.94. The third kappa shape index (κ3) is 4.88. The minimum absolute atomic E-state index is 0.0700. The maximum atomic E-state index is 13.9. The van der Waals surface area contributed by atoms with Crippen molar-refractivity contribution >= 4 is 23.9 Å². The maximum Gasteiger partial charge on any atom is 0.338 e. The highest BCUT2D eigenvalue weighted by Crippen LogP contribution is 2.65. The zero-order valence-electron chi connectivity index (χ0n) is 26.6. The molecule has 0 amide bonds. The van der Waals surface area contributed by atoms with Crippen LogP contribution in [0.25, 0.3) is 0 Å². The molecule has 1 aliphatic heterocycles. The summed E-state index contributed by atoms with van der Waals surface area (Å²) in [5, 5.41) is 37.4. The summed E-state index contributed by atoms with van der Waals surface area (Å²) >= 11 is 0. The van der Waals surface area contributed by atoms with Crippen molar-refractivity contribution in [2.24, 2.45) is 16.7 Å². The Morgan fingerprint density at radius 2 is 1.53 bits per heavy atom. The third-order valence-corrected chi connectivity index (χ3v) is 10.7. The Morgan fingerprint density at radius 3 is 2.07 bits per heavy atom. The highest BCUT2D eigenvalue weighted by molar-refractivity contribution is 5.89. The van der Waals surface area contributed by atoms with E-state index in [-0.39, 0.29) is 30.6 Å². The first-order valence-electron chi connectivity index (χ1n) is 15.1. The molecule has 1 heterocycles. The summed E-state index contributed by atoms with van der Waals surface area (Å²) in [5.41, 5.74) is -5.96. The lowest BCUT2D eigenvalue weighted by molar-refractivity contribution is -0.365. The molecule has 1 aromatic rings. The topological polar surface area (TPSA) is 175 Å². The molecular formula is C33H42O12. The molecule has 0 spiro atoms. The van der Waals surface area contributed by atoms with Crippen molar-refractivity contribution in [1.29, 1.82) is 0 Å². The lowest BCUT2D eigenvalue weighted by Gasteiger charge is -2.69. The van der Waals surface area contributed by atoms with Gasteiger partial charge in [-0.2, -0.15) is 0 Å². The molecule has 246 valence electrons. The Bertz CT molecular complexity index is 1420. The van der Waals surface area contributed by atoms with Gasteiger partial charge in [0, 0.05) is 44.4 Å². The van der Waals surface area contributed by atoms with Crippen molar-refractivity contribution in [2.45, 2.75) is 109 Å². The van der Waals surface area contributed by atoms with E-state index in [1.165, 1.54) is 32.9 Å². The predicted octanol–water partition coefficient (Wildman–Crippen LogP) is 2.02. The third-order valence-electron chi connectivity index (χ3n) is 10.7. The van der Waals surface area contributed by atoms with E-state index < -0.39 is 88.5 Å². The van der Waals surface area contributed by atoms with Gasteiger partial charge in [0.25, 0.3) is 0 Å². The van der Waals surface area contributed by atoms with E-state index in [0.29, 0.717) is 5.57 Å². The van der Waals surface area contributed by atoms with Crippen LogP contribution < -0.4 is 0 Å². The van der Waals surface area contributed by atoms with Gasteiger partial charge in [-0.05, 0) is 30.2 Å². The lowest BCUT2D eigenvalue weighted by Crippen LogP contribution is -2.82. The highest BCUT2D eigenvalue weighted by Gasteiger charge is 2.78. The normalized spacial score (nSPS) is 39.9. The average Bonchev–Trinajstić information content (AvgIpc) is 2.94. The number of carbonyl (C=O) groups excluding carboxylic acids is 4. The van der Waals surface area contributed by atoms with E-state index in [2.05, 4.69) is 0 Å². The van der Waals surface area contributed by atoms with Gasteiger partial charge in [0.1, 0.15) is 30.0 Å². The van der Waals surface area contributed by atoms with Crippen molar-refractivity contribution < 1.29 is 58.2 Å². The molecule has 4 aliphatic rings. The van der Waals surface area contributed by atoms with Gasteiger partial charge in [-0.1, -0.05) is 39.0 Å². The van der Waals surface area contributed by atoms with Crippen LogP contribution in [0, 0.1) is 16.7 Å². The predicted molar refractivity (Wildman–Crippen MR) is 155 cm³/mol. The largest absolute Gasteiger partial charge is 0.458 e. The Kier molecular flexibility index (Phi) is 8.21. The van der Waals surface area contributed by atoms with Crippen LogP contribution in [0.4, 0.5) is 0 Å². The molecule has 12 nitrogen and oxygen atoms in total. The van der Waals surface area contributed by atoms with E-state index in [1.54, 1.807) is 45.9 Å². The molecule has 3 fully saturated rings. The molecule has 2 saturated carbocycles. The number of aliphatic hydroxyl groups excluding tert-OH is 2. The monoisotopic (exact) mass is 630 g/mol. The quantitative estimate of drug-likeness (QED) is 0.246. The Hall–Kier alpha value is -3.32. The van der Waals surface area contributed by atoms with E-state index in [0.717, 1.165) is 0 Å². The van der Waals surface area contributed by atoms with Crippen LogP contribution in [-0.4, -0.2) is 93.6 Å². The fraction of sp³-hybridized carbons (Fsp3) is 0.636. The second kappa shape index (κ2) is 11.2. The summed E-state index contributed by atoms with van der Waals surface area (Å²) in [4.78, 5) is 51.5. The molecule has 0 radical (unpaired) electrons. The van der Waals surface area contributed by atoms with Gasteiger partial charge in [-0.25, -0.2) is 4.79 Å². The number of benzene rings is 1. The molecule has 1 aromatic carbocycles. The van der Waals surface area contributed by atoms with E-state index >= 15 is 0 Å². The molecule has 2 unspecified atom stereocenters. The number of hydrogen-bond acceptors (Lipinski definition) is 12. The van der Waals surface area contributed by atoms with Crippen LogP contribution in [0.3, 0.4) is 0 Å². The SMILES string of the molecule is CC(=O)O[C@H]1CC2(O)[C@@H](OC(=O)c3ccccc3)[C@H]3C(C)([C@@H](O)C[C@H]4OC[C@]43OC(C)=O)[C@@H](O)[C@H](OC(C)=O)C(=C1C)C2(C)C. The Labute approximate surface area is 261 Å². The van der Waals surface area contributed by atoms with Gasteiger partial charge < -0.3 is 39.0 Å². The zero-order valence-corrected chi connectivity index (χ0v) is 26.6. The number of carbonyl (C=O) groups is 4. The van der Waals surface area contributed by atoms with Gasteiger partial charge in [-0.3, -0.25) is 14.4 Å². The van der Waals surface area contributed by atoms with Gasteiger partial charge in [-0.15, -0.1) is 0 Å². The van der Waals surface area contributed by atoms with Crippen molar-refractivity contribution in [2.75, 3.05) is 6.61 Å². The summed E-state index contributed by atoms with van der Waals surface area (Å²) in [6, 6.07) is 8.09. The number of ether oxygens (including phenoxy) is 5. The van der Waals surface area contributed by atoms with Crippen molar-refractivity contribution in [3.05, 3.63) is 47.0 Å². The van der Waals surface area contributed by atoms with E-state index in [9.17, 15) is 34.5 Å². The van der Waals surface area contributed by atoms with Crippen molar-refractivity contribution in [1.82, 2.24) is 0 Å². The first-order chi connectivity index (χ1) is 20.9. The van der Waals surface area contributed by atoms with Gasteiger partial charge >= 0.3 is 23.9 Å². The maximum absolute atomic E-state index is 13.9. The van der Waals surface area contributed by atoms with Crippen molar-refractivity contribution in [3.8, 4) is 0 Å². The molecule has 0 aromatic heterocycles. The molecular weight excluding hydrogens is 588 g/mol. The minimum Gasteiger partial charge on any atom is -0.458 e. The first-order valence-corrected chi connectivity index (χ1v) is 15.1. The molecule has 2 bridgehead atoms. The number of rotatable bonds is 5.